The Morgan fingerprint density at radius 3 is 2.71 bits per heavy atom. The minimum atomic E-state index is -0.568. The van der Waals surface area contributed by atoms with Gasteiger partial charge in [0.2, 0.25) is 0 Å². The summed E-state index contributed by atoms with van der Waals surface area (Å²) in [4.78, 5) is 0. The van der Waals surface area contributed by atoms with E-state index in [1.165, 1.54) is 30.3 Å². The van der Waals surface area contributed by atoms with E-state index >= 15 is 0 Å². The highest BCUT2D eigenvalue weighted by molar-refractivity contribution is 6.32. The third kappa shape index (κ3) is 4.19. The first kappa shape index (κ1) is 15.3. The van der Waals surface area contributed by atoms with Gasteiger partial charge < -0.3 is 10.5 Å². The van der Waals surface area contributed by atoms with Crippen molar-refractivity contribution in [3.8, 4) is 17.6 Å². The maximum Gasteiger partial charge on any atom is 0.174 e. The van der Waals surface area contributed by atoms with E-state index < -0.39 is 11.6 Å². The summed E-state index contributed by atoms with van der Waals surface area (Å²) in [6, 6.07) is 8.48. The molecule has 0 amide bonds. The molecule has 0 saturated carbocycles. The molecule has 0 heterocycles. The second-order valence-corrected chi connectivity index (χ2v) is 4.60. The molecule has 0 aliphatic heterocycles. The van der Waals surface area contributed by atoms with Gasteiger partial charge in [0, 0.05) is 5.56 Å². The number of para-hydroxylation sites is 1. The van der Waals surface area contributed by atoms with Gasteiger partial charge in [-0.05, 0) is 35.9 Å². The Bertz CT molecular complexity index is 687. The molecule has 5 heteroatoms. The molecule has 2 N–H and O–H groups in total. The Labute approximate surface area is 126 Å². The van der Waals surface area contributed by atoms with Crippen molar-refractivity contribution in [1.29, 1.82) is 0 Å². The van der Waals surface area contributed by atoms with E-state index in [-0.39, 0.29) is 23.9 Å². The fourth-order valence-corrected chi connectivity index (χ4v) is 1.95. The molecule has 2 rings (SSSR count). The largest absolute Gasteiger partial charge is 0.484 e. The highest BCUT2D eigenvalue weighted by Gasteiger charge is 2.09. The van der Waals surface area contributed by atoms with Crippen molar-refractivity contribution in [2.45, 2.75) is 6.61 Å². The summed E-state index contributed by atoms with van der Waals surface area (Å²) in [5.41, 5.74) is 6.28. The van der Waals surface area contributed by atoms with Gasteiger partial charge in [-0.15, -0.1) is 0 Å². The lowest BCUT2D eigenvalue weighted by Crippen LogP contribution is -1.99. The number of benzene rings is 2. The standard InChI is InChI=1S/C16H12ClF2NO/c17-14-4-1-5-15(19)16(14)21-10-12-7-11(3-2-6-20)8-13(18)9-12/h1,4-5,7-9H,6,10,20H2. The van der Waals surface area contributed by atoms with E-state index in [0.717, 1.165) is 0 Å². The molecule has 0 saturated heterocycles. The van der Waals surface area contributed by atoms with E-state index in [0.29, 0.717) is 11.1 Å². The van der Waals surface area contributed by atoms with Crippen molar-refractivity contribution >= 4 is 11.6 Å². The second kappa shape index (κ2) is 7.07. The van der Waals surface area contributed by atoms with Crippen LogP contribution in [0.3, 0.4) is 0 Å². The summed E-state index contributed by atoms with van der Waals surface area (Å²) in [5, 5.41) is 0.162. The van der Waals surface area contributed by atoms with E-state index in [2.05, 4.69) is 11.8 Å². The molecule has 0 spiro atoms. The van der Waals surface area contributed by atoms with Crippen molar-refractivity contribution in [3.05, 3.63) is 64.2 Å². The summed E-state index contributed by atoms with van der Waals surface area (Å²) in [6.45, 7) is 0.170. The van der Waals surface area contributed by atoms with Crippen LogP contribution in [0.15, 0.2) is 36.4 Å². The fourth-order valence-electron chi connectivity index (χ4n) is 1.73. The van der Waals surface area contributed by atoms with Gasteiger partial charge >= 0.3 is 0 Å². The molecule has 0 aliphatic carbocycles. The van der Waals surface area contributed by atoms with Crippen LogP contribution in [0.25, 0.3) is 0 Å². The highest BCUT2D eigenvalue weighted by atomic mass is 35.5. The van der Waals surface area contributed by atoms with Crippen LogP contribution in [0.5, 0.6) is 5.75 Å². The van der Waals surface area contributed by atoms with Gasteiger partial charge in [-0.25, -0.2) is 8.78 Å². The summed E-state index contributed by atoms with van der Waals surface area (Å²) in [7, 11) is 0. The zero-order valence-electron chi connectivity index (χ0n) is 11.0. The van der Waals surface area contributed by atoms with Crippen molar-refractivity contribution in [2.24, 2.45) is 5.73 Å². The number of hydrogen-bond donors (Lipinski definition) is 1. The Hall–Kier alpha value is -2.09. The van der Waals surface area contributed by atoms with Gasteiger partial charge in [0.25, 0.3) is 0 Å². The maximum absolute atomic E-state index is 13.6. The van der Waals surface area contributed by atoms with Crippen LogP contribution in [-0.4, -0.2) is 6.54 Å². The number of rotatable bonds is 3. The van der Waals surface area contributed by atoms with Crippen molar-refractivity contribution in [3.63, 3.8) is 0 Å². The first-order chi connectivity index (χ1) is 10.1. The van der Waals surface area contributed by atoms with Crippen molar-refractivity contribution in [1.82, 2.24) is 0 Å². The third-order valence-corrected chi connectivity index (χ3v) is 2.89. The molecular weight excluding hydrogens is 296 g/mol. The molecule has 0 radical (unpaired) electrons. The second-order valence-electron chi connectivity index (χ2n) is 4.19. The summed E-state index contributed by atoms with van der Waals surface area (Å²) in [5.74, 6) is 4.30. The lowest BCUT2D eigenvalue weighted by atomic mass is 10.1. The SMILES string of the molecule is NCC#Cc1cc(F)cc(COc2c(F)cccc2Cl)c1. The van der Waals surface area contributed by atoms with Crippen LogP contribution in [0.1, 0.15) is 11.1 Å². The molecule has 0 atom stereocenters. The predicted octanol–water partition coefficient (Wildman–Crippen LogP) is 3.51. The summed E-state index contributed by atoms with van der Waals surface area (Å²) >= 11 is 5.85. The number of hydrogen-bond acceptors (Lipinski definition) is 2. The summed E-state index contributed by atoms with van der Waals surface area (Å²) in [6.07, 6.45) is 0. The normalized spacial score (nSPS) is 9.90. The number of ether oxygens (including phenoxy) is 1. The van der Waals surface area contributed by atoms with E-state index in [1.54, 1.807) is 6.07 Å². The molecule has 21 heavy (non-hydrogen) atoms. The molecule has 2 nitrogen and oxygen atoms in total. The molecular formula is C16H12ClF2NO. The van der Waals surface area contributed by atoms with Gasteiger partial charge in [-0.2, -0.15) is 0 Å². The van der Waals surface area contributed by atoms with Crippen molar-refractivity contribution < 1.29 is 13.5 Å². The minimum Gasteiger partial charge on any atom is -0.484 e. The van der Waals surface area contributed by atoms with Crippen LogP contribution < -0.4 is 10.5 Å². The smallest absolute Gasteiger partial charge is 0.174 e. The Balaban J connectivity index is 2.18. The Morgan fingerprint density at radius 2 is 2.00 bits per heavy atom. The fraction of sp³-hybridized carbons (Fsp3) is 0.125. The van der Waals surface area contributed by atoms with Crippen LogP contribution in [0, 0.1) is 23.5 Å². The molecule has 0 aliphatic rings. The predicted molar refractivity (Wildman–Crippen MR) is 78.1 cm³/mol. The van der Waals surface area contributed by atoms with Gasteiger partial charge in [0.15, 0.2) is 11.6 Å². The molecule has 0 bridgehead atoms. The molecule has 0 fully saturated rings. The van der Waals surface area contributed by atoms with E-state index in [9.17, 15) is 8.78 Å². The maximum atomic E-state index is 13.6. The highest BCUT2D eigenvalue weighted by Crippen LogP contribution is 2.28. The topological polar surface area (TPSA) is 35.2 Å². The molecule has 2 aromatic rings. The lowest BCUT2D eigenvalue weighted by Gasteiger charge is -2.09. The minimum absolute atomic E-state index is 0.0181. The average Bonchev–Trinajstić information content (AvgIpc) is 2.44. The van der Waals surface area contributed by atoms with Gasteiger partial charge in [0.1, 0.15) is 12.4 Å². The van der Waals surface area contributed by atoms with Crippen LogP contribution in [0.2, 0.25) is 5.02 Å². The molecule has 108 valence electrons. The van der Waals surface area contributed by atoms with Crippen molar-refractivity contribution in [2.75, 3.05) is 6.54 Å². The van der Waals surface area contributed by atoms with Gasteiger partial charge in [0.05, 0.1) is 11.6 Å². The molecule has 0 aromatic heterocycles. The third-order valence-electron chi connectivity index (χ3n) is 2.59. The Kier molecular flexibility index (Phi) is 5.15. The van der Waals surface area contributed by atoms with Crippen LogP contribution in [-0.2, 0) is 6.61 Å². The number of nitrogens with two attached hydrogens (primary N) is 1. The first-order valence-corrected chi connectivity index (χ1v) is 6.53. The summed E-state index contributed by atoms with van der Waals surface area (Å²) < 4.78 is 32.4. The van der Waals surface area contributed by atoms with Gasteiger partial charge in [-0.1, -0.05) is 29.5 Å². The van der Waals surface area contributed by atoms with Crippen LogP contribution in [0.4, 0.5) is 8.78 Å². The molecule has 0 unspecified atom stereocenters. The van der Waals surface area contributed by atoms with E-state index in [4.69, 9.17) is 22.1 Å². The lowest BCUT2D eigenvalue weighted by molar-refractivity contribution is 0.290. The van der Waals surface area contributed by atoms with Gasteiger partial charge in [-0.3, -0.25) is 0 Å². The van der Waals surface area contributed by atoms with E-state index in [1.807, 2.05) is 0 Å². The first-order valence-electron chi connectivity index (χ1n) is 6.15. The van der Waals surface area contributed by atoms with Crippen LogP contribution >= 0.6 is 11.6 Å². The quantitative estimate of drug-likeness (QED) is 0.881. The Morgan fingerprint density at radius 1 is 1.19 bits per heavy atom. The average molecular weight is 308 g/mol. The zero-order valence-corrected chi connectivity index (χ0v) is 11.8. The monoisotopic (exact) mass is 307 g/mol. The number of halogens is 3. The zero-order chi connectivity index (χ0) is 15.2. The molecule has 2 aromatic carbocycles.